The third kappa shape index (κ3) is 2.25. The van der Waals surface area contributed by atoms with Crippen LogP contribution in [0.4, 0.5) is 4.39 Å². The van der Waals surface area contributed by atoms with Crippen molar-refractivity contribution in [3.8, 4) is 11.3 Å². The van der Waals surface area contributed by atoms with Crippen molar-refractivity contribution in [1.29, 1.82) is 0 Å². The van der Waals surface area contributed by atoms with Crippen LogP contribution in [0.15, 0.2) is 18.3 Å². The van der Waals surface area contributed by atoms with Gasteiger partial charge in [-0.05, 0) is 44.7 Å². The Bertz CT molecular complexity index is 730. The van der Waals surface area contributed by atoms with Gasteiger partial charge in [0.25, 0.3) is 0 Å². The average Bonchev–Trinajstić information content (AvgIpc) is 3.21. The Morgan fingerprint density at radius 2 is 2.09 bits per heavy atom. The van der Waals surface area contributed by atoms with E-state index in [1.54, 1.807) is 13.0 Å². The number of aryl methyl sites for hydroxylation is 1. The summed E-state index contributed by atoms with van der Waals surface area (Å²) in [5.41, 5.74) is 3.29. The summed E-state index contributed by atoms with van der Waals surface area (Å²) in [6.07, 6.45) is 7.11. The predicted molar refractivity (Wildman–Crippen MR) is 80.0 cm³/mol. The van der Waals surface area contributed by atoms with Crippen molar-refractivity contribution in [3.63, 3.8) is 0 Å². The minimum Gasteiger partial charge on any atom is -0.303 e. The summed E-state index contributed by atoms with van der Waals surface area (Å²) in [6.45, 7) is 1.68. The number of nitrogens with zero attached hydrogens (tertiary/aromatic N) is 3. The maximum absolute atomic E-state index is 13.4. The highest BCUT2D eigenvalue weighted by atomic mass is 19.1. The molecular weight excluding hydrogens is 281 g/mol. The van der Waals surface area contributed by atoms with Crippen molar-refractivity contribution in [2.45, 2.75) is 44.6 Å². The van der Waals surface area contributed by atoms with Crippen LogP contribution in [-0.4, -0.2) is 21.1 Å². The molecule has 0 aromatic carbocycles. The number of hydrogen-bond acceptors (Lipinski definition) is 3. The molecule has 4 rings (SSSR count). The van der Waals surface area contributed by atoms with Gasteiger partial charge in [0, 0.05) is 23.6 Å². The molecule has 0 unspecified atom stereocenters. The third-order valence-electron chi connectivity index (χ3n) is 4.74. The zero-order valence-electron chi connectivity index (χ0n) is 12.5. The monoisotopic (exact) mass is 299 g/mol. The van der Waals surface area contributed by atoms with E-state index in [1.807, 2.05) is 10.9 Å². The summed E-state index contributed by atoms with van der Waals surface area (Å²) in [6, 6.07) is 3.50. The second kappa shape index (κ2) is 5.00. The molecule has 2 heterocycles. The van der Waals surface area contributed by atoms with Crippen LogP contribution in [-0.2, 0) is 4.79 Å². The molecule has 22 heavy (non-hydrogen) atoms. The second-order valence-electron chi connectivity index (χ2n) is 6.47. The second-order valence-corrected chi connectivity index (χ2v) is 6.47. The lowest BCUT2D eigenvalue weighted by atomic mass is 9.81. The van der Waals surface area contributed by atoms with Crippen molar-refractivity contribution < 1.29 is 9.18 Å². The van der Waals surface area contributed by atoms with E-state index in [-0.39, 0.29) is 11.7 Å². The zero-order chi connectivity index (χ0) is 15.3. The summed E-state index contributed by atoms with van der Waals surface area (Å²) in [5, 5.41) is 4.76. The molecule has 2 saturated carbocycles. The number of hydrogen-bond donors (Lipinski definition) is 0. The third-order valence-corrected chi connectivity index (χ3v) is 4.74. The van der Waals surface area contributed by atoms with Crippen LogP contribution in [0.5, 0.6) is 0 Å². The molecule has 0 spiro atoms. The maximum atomic E-state index is 13.4. The van der Waals surface area contributed by atoms with Crippen LogP contribution < -0.4 is 0 Å². The number of halogens is 1. The topological polar surface area (TPSA) is 47.8 Å². The number of carbonyl (C=O) groups is 1. The molecule has 5 heteroatoms. The molecular formula is C17H18FN3O. The fourth-order valence-corrected chi connectivity index (χ4v) is 3.10. The van der Waals surface area contributed by atoms with Crippen molar-refractivity contribution >= 4 is 6.29 Å². The lowest BCUT2D eigenvalue weighted by Crippen LogP contribution is -2.28. The van der Waals surface area contributed by atoms with Gasteiger partial charge in [-0.25, -0.2) is 9.37 Å². The molecule has 0 radical (unpaired) electrons. The van der Waals surface area contributed by atoms with Gasteiger partial charge in [0.15, 0.2) is 0 Å². The number of pyridine rings is 1. The first-order chi connectivity index (χ1) is 10.7. The molecule has 0 atom stereocenters. The Kier molecular flexibility index (Phi) is 3.10. The predicted octanol–water partition coefficient (Wildman–Crippen LogP) is 3.42. The molecule has 2 fully saturated rings. The van der Waals surface area contributed by atoms with Crippen molar-refractivity contribution in [1.82, 2.24) is 14.8 Å². The molecule has 2 aliphatic rings. The SMILES string of the molecule is Cc1nc(-c2cn([C@H]3C[C@H](C=O)C3)nc2C2CC2)ccc1F. The van der Waals surface area contributed by atoms with E-state index >= 15 is 0 Å². The van der Waals surface area contributed by atoms with E-state index in [1.165, 1.54) is 6.07 Å². The average molecular weight is 299 g/mol. The Hall–Kier alpha value is -2.04. The normalized spacial score (nSPS) is 24.1. The Labute approximate surface area is 128 Å². The molecule has 114 valence electrons. The van der Waals surface area contributed by atoms with Gasteiger partial charge in [-0.15, -0.1) is 0 Å². The minimum absolute atomic E-state index is 0.174. The summed E-state index contributed by atoms with van der Waals surface area (Å²) < 4.78 is 15.4. The Morgan fingerprint density at radius 3 is 2.73 bits per heavy atom. The zero-order valence-corrected chi connectivity index (χ0v) is 12.5. The molecule has 2 aliphatic carbocycles. The highest BCUT2D eigenvalue weighted by Gasteiger charge is 2.35. The van der Waals surface area contributed by atoms with Crippen LogP contribution in [0.1, 0.15) is 49.0 Å². The van der Waals surface area contributed by atoms with Crippen LogP contribution >= 0.6 is 0 Å². The van der Waals surface area contributed by atoms with Crippen LogP contribution in [0.3, 0.4) is 0 Å². The van der Waals surface area contributed by atoms with E-state index in [2.05, 4.69) is 4.98 Å². The van der Waals surface area contributed by atoms with E-state index in [9.17, 15) is 9.18 Å². The first kappa shape index (κ1) is 13.6. The fourth-order valence-electron chi connectivity index (χ4n) is 3.10. The van der Waals surface area contributed by atoms with Gasteiger partial charge in [-0.3, -0.25) is 4.68 Å². The van der Waals surface area contributed by atoms with Crippen LogP contribution in [0.25, 0.3) is 11.3 Å². The van der Waals surface area contributed by atoms with E-state index in [0.29, 0.717) is 17.7 Å². The van der Waals surface area contributed by atoms with Crippen LogP contribution in [0.2, 0.25) is 0 Å². The van der Waals surface area contributed by atoms with Gasteiger partial charge in [0.05, 0.1) is 23.1 Å². The van der Waals surface area contributed by atoms with Gasteiger partial charge >= 0.3 is 0 Å². The number of aromatic nitrogens is 3. The quantitative estimate of drug-likeness (QED) is 0.813. The summed E-state index contributed by atoms with van der Waals surface area (Å²) in [4.78, 5) is 15.1. The first-order valence-corrected chi connectivity index (χ1v) is 7.83. The van der Waals surface area contributed by atoms with Gasteiger partial charge in [0.1, 0.15) is 12.1 Å². The maximum Gasteiger partial charge on any atom is 0.144 e. The summed E-state index contributed by atoms with van der Waals surface area (Å²) >= 11 is 0. The number of aldehydes is 1. The molecule has 2 aromatic rings. The molecule has 0 aliphatic heterocycles. The molecule has 0 bridgehead atoms. The fraction of sp³-hybridized carbons (Fsp3) is 0.471. The standard InChI is InChI=1S/C17H18FN3O/c1-10-15(18)4-5-16(19-10)14-8-21(13-6-11(7-13)9-22)20-17(14)12-2-3-12/h4-5,8-9,11-13H,2-3,6-7H2,1H3/t11-,13-. The van der Waals surface area contributed by atoms with Gasteiger partial charge in [0.2, 0.25) is 0 Å². The van der Waals surface area contributed by atoms with Crippen molar-refractivity contribution in [3.05, 3.63) is 35.5 Å². The van der Waals surface area contributed by atoms with E-state index in [4.69, 9.17) is 5.10 Å². The highest BCUT2D eigenvalue weighted by Crippen LogP contribution is 2.45. The first-order valence-electron chi connectivity index (χ1n) is 7.83. The van der Waals surface area contributed by atoms with E-state index < -0.39 is 0 Å². The van der Waals surface area contributed by atoms with Gasteiger partial charge in [-0.1, -0.05) is 0 Å². The molecule has 4 nitrogen and oxygen atoms in total. The van der Waals surface area contributed by atoms with E-state index in [0.717, 1.165) is 48.9 Å². The Morgan fingerprint density at radius 1 is 1.32 bits per heavy atom. The molecule has 0 saturated heterocycles. The molecule has 0 amide bonds. The molecule has 2 aromatic heterocycles. The van der Waals surface area contributed by atoms with Crippen LogP contribution in [0, 0.1) is 18.7 Å². The lowest BCUT2D eigenvalue weighted by molar-refractivity contribution is -0.114. The van der Waals surface area contributed by atoms with Crippen molar-refractivity contribution in [2.24, 2.45) is 5.92 Å². The lowest BCUT2D eigenvalue weighted by Gasteiger charge is -2.31. The smallest absolute Gasteiger partial charge is 0.144 e. The molecule has 0 N–H and O–H groups in total. The largest absolute Gasteiger partial charge is 0.303 e. The van der Waals surface area contributed by atoms with Gasteiger partial charge in [-0.2, -0.15) is 5.10 Å². The van der Waals surface area contributed by atoms with Crippen molar-refractivity contribution in [2.75, 3.05) is 0 Å². The Balaban J connectivity index is 1.70. The number of carbonyl (C=O) groups excluding carboxylic acids is 1. The van der Waals surface area contributed by atoms with Gasteiger partial charge < -0.3 is 4.79 Å². The number of rotatable bonds is 4. The summed E-state index contributed by atoms with van der Waals surface area (Å²) in [5.74, 6) is 0.399. The summed E-state index contributed by atoms with van der Waals surface area (Å²) in [7, 11) is 0. The highest BCUT2D eigenvalue weighted by molar-refractivity contribution is 5.63. The minimum atomic E-state index is -0.281.